The lowest BCUT2D eigenvalue weighted by Crippen LogP contribution is -2.37. The lowest BCUT2D eigenvalue weighted by molar-refractivity contribution is 0.163. The Morgan fingerprint density at radius 1 is 1.14 bits per heavy atom. The van der Waals surface area contributed by atoms with Gasteiger partial charge in [-0.15, -0.1) is 0 Å². The normalized spacial score (nSPS) is 13.1. The average Bonchev–Trinajstić information content (AvgIpc) is 2.53. The van der Waals surface area contributed by atoms with Crippen LogP contribution in [-0.4, -0.2) is 31.6 Å². The standard InChI is InChI=1S/C18H32N2O/c1-5-15(6-2)13-20(7-3)18(12-19)17-11-9-8-10-16(17)14-21-4/h8-11,15,18H,5-7,12-14,19H2,1-4H3. The van der Waals surface area contributed by atoms with Crippen LogP contribution in [0.25, 0.3) is 0 Å². The third kappa shape index (κ3) is 5.10. The monoisotopic (exact) mass is 292 g/mol. The van der Waals surface area contributed by atoms with Gasteiger partial charge in [0.15, 0.2) is 0 Å². The highest BCUT2D eigenvalue weighted by atomic mass is 16.5. The van der Waals surface area contributed by atoms with E-state index in [1.165, 1.54) is 24.0 Å². The van der Waals surface area contributed by atoms with Crippen LogP contribution in [-0.2, 0) is 11.3 Å². The molecule has 0 aliphatic rings. The summed E-state index contributed by atoms with van der Waals surface area (Å²) in [4.78, 5) is 2.52. The molecule has 0 amide bonds. The molecule has 0 radical (unpaired) electrons. The van der Waals surface area contributed by atoms with Crippen LogP contribution in [0.4, 0.5) is 0 Å². The van der Waals surface area contributed by atoms with E-state index in [0.717, 1.165) is 19.0 Å². The molecule has 1 unspecified atom stereocenters. The molecule has 0 heterocycles. The Hall–Kier alpha value is -0.900. The fourth-order valence-corrected chi connectivity index (χ4v) is 2.97. The highest BCUT2D eigenvalue weighted by molar-refractivity contribution is 5.30. The van der Waals surface area contributed by atoms with Crippen molar-refractivity contribution >= 4 is 0 Å². The zero-order valence-corrected chi connectivity index (χ0v) is 14.1. The van der Waals surface area contributed by atoms with E-state index in [1.54, 1.807) is 7.11 Å². The van der Waals surface area contributed by atoms with Gasteiger partial charge in [-0.1, -0.05) is 57.9 Å². The Morgan fingerprint density at radius 3 is 2.33 bits per heavy atom. The number of hydrogen-bond acceptors (Lipinski definition) is 3. The van der Waals surface area contributed by atoms with Crippen molar-refractivity contribution in [3.05, 3.63) is 35.4 Å². The van der Waals surface area contributed by atoms with E-state index in [9.17, 15) is 0 Å². The van der Waals surface area contributed by atoms with Crippen molar-refractivity contribution in [1.29, 1.82) is 0 Å². The molecule has 120 valence electrons. The molecule has 2 N–H and O–H groups in total. The Balaban J connectivity index is 2.98. The van der Waals surface area contributed by atoms with Gasteiger partial charge in [0.05, 0.1) is 6.61 Å². The highest BCUT2D eigenvalue weighted by Crippen LogP contribution is 2.25. The molecule has 0 spiro atoms. The number of benzene rings is 1. The molecule has 21 heavy (non-hydrogen) atoms. The van der Waals surface area contributed by atoms with Crippen molar-refractivity contribution in [1.82, 2.24) is 4.90 Å². The highest BCUT2D eigenvalue weighted by Gasteiger charge is 2.22. The topological polar surface area (TPSA) is 38.5 Å². The van der Waals surface area contributed by atoms with Crippen molar-refractivity contribution in [3.8, 4) is 0 Å². The van der Waals surface area contributed by atoms with E-state index >= 15 is 0 Å². The molecule has 1 aromatic rings. The second kappa shape index (κ2) is 9.93. The summed E-state index contributed by atoms with van der Waals surface area (Å²) in [6, 6.07) is 8.79. The predicted octanol–water partition coefficient (Wildman–Crippen LogP) is 3.59. The maximum absolute atomic E-state index is 6.12. The molecule has 0 saturated carbocycles. The summed E-state index contributed by atoms with van der Waals surface area (Å²) in [5.41, 5.74) is 8.69. The van der Waals surface area contributed by atoms with Crippen molar-refractivity contribution in [3.63, 3.8) is 0 Å². The number of rotatable bonds is 10. The van der Waals surface area contributed by atoms with Gasteiger partial charge in [0, 0.05) is 26.2 Å². The smallest absolute Gasteiger partial charge is 0.0716 e. The minimum atomic E-state index is 0.280. The summed E-state index contributed by atoms with van der Waals surface area (Å²) in [6.45, 7) is 10.2. The minimum absolute atomic E-state index is 0.280. The fraction of sp³-hybridized carbons (Fsp3) is 0.667. The molecule has 0 aliphatic carbocycles. The summed E-state index contributed by atoms with van der Waals surface area (Å²) in [5, 5.41) is 0. The second-order valence-electron chi connectivity index (χ2n) is 5.65. The molecule has 1 rings (SSSR count). The van der Waals surface area contributed by atoms with E-state index in [0.29, 0.717) is 13.2 Å². The first-order valence-corrected chi connectivity index (χ1v) is 8.22. The zero-order valence-electron chi connectivity index (χ0n) is 14.1. The zero-order chi connectivity index (χ0) is 15.7. The average molecular weight is 292 g/mol. The summed E-state index contributed by atoms with van der Waals surface area (Å²) in [7, 11) is 1.75. The van der Waals surface area contributed by atoms with Crippen molar-refractivity contribution < 1.29 is 4.74 Å². The molecule has 1 aromatic carbocycles. The number of nitrogens with zero attached hydrogens (tertiary/aromatic N) is 1. The quantitative estimate of drug-likeness (QED) is 0.716. The fourth-order valence-electron chi connectivity index (χ4n) is 2.97. The van der Waals surface area contributed by atoms with Crippen LogP contribution in [0.1, 0.15) is 50.8 Å². The molecule has 0 fully saturated rings. The first kappa shape index (κ1) is 18.1. The molecule has 0 aliphatic heterocycles. The molecular formula is C18H32N2O. The molecule has 0 saturated heterocycles. The van der Waals surface area contributed by atoms with Crippen LogP contribution >= 0.6 is 0 Å². The Morgan fingerprint density at radius 2 is 1.81 bits per heavy atom. The Kier molecular flexibility index (Phi) is 8.58. The molecule has 1 atom stereocenters. The number of nitrogens with two attached hydrogens (primary N) is 1. The maximum atomic E-state index is 6.12. The van der Waals surface area contributed by atoms with Gasteiger partial charge in [-0.2, -0.15) is 0 Å². The van der Waals surface area contributed by atoms with E-state index in [2.05, 4.69) is 49.9 Å². The largest absolute Gasteiger partial charge is 0.380 e. The van der Waals surface area contributed by atoms with Gasteiger partial charge in [-0.05, 0) is 23.6 Å². The Labute approximate surface area is 130 Å². The van der Waals surface area contributed by atoms with E-state index in [-0.39, 0.29) is 6.04 Å². The van der Waals surface area contributed by atoms with E-state index < -0.39 is 0 Å². The lowest BCUT2D eigenvalue weighted by Gasteiger charge is -2.34. The third-order valence-electron chi connectivity index (χ3n) is 4.43. The SMILES string of the molecule is CCC(CC)CN(CC)C(CN)c1ccccc1COC. The first-order chi connectivity index (χ1) is 10.2. The van der Waals surface area contributed by atoms with Crippen molar-refractivity contribution in [2.75, 3.05) is 26.7 Å². The van der Waals surface area contributed by atoms with Gasteiger partial charge < -0.3 is 10.5 Å². The molecular weight excluding hydrogens is 260 g/mol. The van der Waals surface area contributed by atoms with Crippen molar-refractivity contribution in [2.45, 2.75) is 46.3 Å². The summed E-state index contributed by atoms with van der Waals surface area (Å²) in [6.07, 6.45) is 2.45. The van der Waals surface area contributed by atoms with Crippen LogP contribution in [0.2, 0.25) is 0 Å². The molecule has 3 nitrogen and oxygen atoms in total. The summed E-state index contributed by atoms with van der Waals surface area (Å²) < 4.78 is 5.34. The first-order valence-electron chi connectivity index (χ1n) is 8.22. The van der Waals surface area contributed by atoms with Crippen LogP contribution in [0.5, 0.6) is 0 Å². The van der Waals surface area contributed by atoms with Crippen LogP contribution in [0, 0.1) is 5.92 Å². The summed E-state index contributed by atoms with van der Waals surface area (Å²) in [5.74, 6) is 0.744. The van der Waals surface area contributed by atoms with E-state index in [1.807, 2.05) is 0 Å². The third-order valence-corrected chi connectivity index (χ3v) is 4.43. The molecule has 3 heteroatoms. The molecule has 0 bridgehead atoms. The number of methoxy groups -OCH3 is 1. The van der Waals surface area contributed by atoms with Crippen LogP contribution < -0.4 is 5.73 Å². The summed E-state index contributed by atoms with van der Waals surface area (Å²) >= 11 is 0. The minimum Gasteiger partial charge on any atom is -0.380 e. The van der Waals surface area contributed by atoms with Gasteiger partial charge in [-0.3, -0.25) is 4.90 Å². The predicted molar refractivity (Wildman–Crippen MR) is 90.3 cm³/mol. The number of ether oxygens (including phenoxy) is 1. The number of hydrogen-bond donors (Lipinski definition) is 1. The maximum Gasteiger partial charge on any atom is 0.0716 e. The Bertz CT molecular complexity index is 391. The van der Waals surface area contributed by atoms with Gasteiger partial charge in [-0.25, -0.2) is 0 Å². The molecule has 0 aromatic heterocycles. The van der Waals surface area contributed by atoms with Gasteiger partial charge in [0.2, 0.25) is 0 Å². The van der Waals surface area contributed by atoms with Crippen LogP contribution in [0.3, 0.4) is 0 Å². The van der Waals surface area contributed by atoms with Crippen molar-refractivity contribution in [2.24, 2.45) is 11.7 Å². The van der Waals surface area contributed by atoms with Gasteiger partial charge >= 0.3 is 0 Å². The van der Waals surface area contributed by atoms with Gasteiger partial charge in [0.1, 0.15) is 0 Å². The van der Waals surface area contributed by atoms with E-state index in [4.69, 9.17) is 10.5 Å². The van der Waals surface area contributed by atoms with Gasteiger partial charge in [0.25, 0.3) is 0 Å². The number of likely N-dealkylation sites (N-methyl/N-ethyl adjacent to an activating group) is 1. The van der Waals surface area contributed by atoms with Crippen LogP contribution in [0.15, 0.2) is 24.3 Å². The lowest BCUT2D eigenvalue weighted by atomic mass is 9.96. The second-order valence-corrected chi connectivity index (χ2v) is 5.65.